The molecule has 0 radical (unpaired) electrons. The second-order valence-electron chi connectivity index (χ2n) is 7.45. The first-order chi connectivity index (χ1) is 13.7. The van der Waals surface area contributed by atoms with Crippen LogP contribution in [0.1, 0.15) is 19.8 Å². The quantitative estimate of drug-likeness (QED) is 0.578. The molecule has 7 nitrogen and oxygen atoms in total. The largest absolute Gasteiger partial charge is 0.471 e. The molecule has 4 heterocycles. The molecule has 1 N–H and O–H groups in total. The van der Waals surface area contributed by atoms with Crippen LogP contribution in [-0.2, 0) is 7.05 Å². The number of fused-ring (bicyclic) bond motifs is 2. The number of aryl methyl sites for hydroxylation is 1. The van der Waals surface area contributed by atoms with E-state index in [0.29, 0.717) is 5.88 Å². The molecule has 28 heavy (non-hydrogen) atoms. The average Bonchev–Trinajstić information content (AvgIpc) is 3.42. The first kappa shape index (κ1) is 17.2. The number of hydrogen-bond donors (Lipinski definition) is 1. The third kappa shape index (κ3) is 2.92. The Bertz CT molecular complexity index is 1130. The molecule has 3 aromatic heterocycles. The van der Waals surface area contributed by atoms with Crippen LogP contribution >= 0.6 is 0 Å². The summed E-state index contributed by atoms with van der Waals surface area (Å²) in [6.45, 7) is 5.36. The molecular formula is C21H24N6O. The van der Waals surface area contributed by atoms with Crippen LogP contribution in [0, 0.1) is 0 Å². The van der Waals surface area contributed by atoms with Gasteiger partial charge in [0.15, 0.2) is 11.2 Å². The summed E-state index contributed by atoms with van der Waals surface area (Å²) >= 11 is 0. The second kappa shape index (κ2) is 6.91. The van der Waals surface area contributed by atoms with E-state index in [1.54, 1.807) is 6.33 Å². The average molecular weight is 376 g/mol. The van der Waals surface area contributed by atoms with Crippen molar-refractivity contribution < 1.29 is 4.74 Å². The maximum atomic E-state index is 6.25. The van der Waals surface area contributed by atoms with Crippen molar-refractivity contribution in [2.45, 2.75) is 25.9 Å². The zero-order chi connectivity index (χ0) is 19.1. The van der Waals surface area contributed by atoms with E-state index in [-0.39, 0.29) is 6.10 Å². The van der Waals surface area contributed by atoms with Crippen LogP contribution in [0.3, 0.4) is 0 Å². The second-order valence-corrected chi connectivity index (χ2v) is 7.45. The maximum Gasteiger partial charge on any atom is 0.245 e. The van der Waals surface area contributed by atoms with E-state index in [2.05, 4.69) is 51.0 Å². The number of imidazole rings is 1. The highest BCUT2D eigenvalue weighted by atomic mass is 16.5. The monoisotopic (exact) mass is 376 g/mol. The predicted octanol–water partition coefficient (Wildman–Crippen LogP) is 3.37. The van der Waals surface area contributed by atoms with Gasteiger partial charge in [-0.1, -0.05) is 19.1 Å². The number of H-pyrrole nitrogens is 1. The van der Waals surface area contributed by atoms with E-state index in [1.165, 1.54) is 11.8 Å². The highest BCUT2D eigenvalue weighted by Crippen LogP contribution is 2.29. The lowest BCUT2D eigenvalue weighted by Gasteiger charge is -2.15. The summed E-state index contributed by atoms with van der Waals surface area (Å²) in [4.78, 5) is 19.4. The number of ether oxygens (including phenoxy) is 1. The van der Waals surface area contributed by atoms with E-state index in [0.717, 1.165) is 54.1 Å². The SMILES string of the molecule is CCCN1CCC(Oc2ncnc3c2nc(-c2ccc4cc[nH]c4c2)n3C)C1. The Morgan fingerprint density at radius 1 is 1.25 bits per heavy atom. The molecule has 144 valence electrons. The van der Waals surface area contributed by atoms with Gasteiger partial charge in [-0.25, -0.2) is 9.97 Å². The molecule has 5 rings (SSSR count). The lowest BCUT2D eigenvalue weighted by Crippen LogP contribution is -2.25. The molecule has 1 aliphatic rings. The third-order valence-electron chi connectivity index (χ3n) is 5.48. The Hall–Kier alpha value is -2.93. The molecule has 1 fully saturated rings. The number of rotatable bonds is 5. The Morgan fingerprint density at radius 2 is 2.18 bits per heavy atom. The third-order valence-corrected chi connectivity index (χ3v) is 5.48. The van der Waals surface area contributed by atoms with Crippen molar-refractivity contribution in [2.24, 2.45) is 7.05 Å². The minimum atomic E-state index is 0.158. The van der Waals surface area contributed by atoms with Crippen LogP contribution < -0.4 is 4.74 Å². The van der Waals surface area contributed by atoms with Gasteiger partial charge in [0.25, 0.3) is 0 Å². The standard InChI is InChI=1S/C21H24N6O/c1-3-9-27-10-7-16(12-27)28-21-18-20(23-13-24-21)26(2)19(25-18)15-5-4-14-6-8-22-17(14)11-15/h4-6,8,11,13,16,22H,3,7,9-10,12H2,1-2H3. The molecule has 4 aromatic rings. The van der Waals surface area contributed by atoms with Crippen molar-refractivity contribution in [1.29, 1.82) is 0 Å². The molecule has 0 bridgehead atoms. The van der Waals surface area contributed by atoms with E-state index >= 15 is 0 Å². The van der Waals surface area contributed by atoms with Gasteiger partial charge in [-0.3, -0.25) is 4.90 Å². The first-order valence-corrected chi connectivity index (χ1v) is 9.87. The highest BCUT2D eigenvalue weighted by Gasteiger charge is 2.25. The van der Waals surface area contributed by atoms with Gasteiger partial charge >= 0.3 is 0 Å². The number of benzene rings is 1. The van der Waals surface area contributed by atoms with Gasteiger partial charge in [-0.15, -0.1) is 0 Å². The molecule has 1 atom stereocenters. The van der Waals surface area contributed by atoms with Gasteiger partial charge in [-0.05, 0) is 36.9 Å². The number of aromatic amines is 1. The molecule has 0 aliphatic carbocycles. The minimum absolute atomic E-state index is 0.158. The summed E-state index contributed by atoms with van der Waals surface area (Å²) in [6, 6.07) is 8.37. The van der Waals surface area contributed by atoms with Crippen molar-refractivity contribution in [1.82, 2.24) is 29.4 Å². The Balaban J connectivity index is 1.49. The zero-order valence-electron chi connectivity index (χ0n) is 16.2. The molecular weight excluding hydrogens is 352 g/mol. The zero-order valence-corrected chi connectivity index (χ0v) is 16.2. The summed E-state index contributed by atoms with van der Waals surface area (Å²) in [5.41, 5.74) is 3.64. The van der Waals surface area contributed by atoms with Crippen LogP contribution in [0.4, 0.5) is 0 Å². The molecule has 1 aromatic carbocycles. The predicted molar refractivity (Wildman–Crippen MR) is 109 cm³/mol. The molecule has 0 amide bonds. The van der Waals surface area contributed by atoms with Crippen molar-refractivity contribution in [3.63, 3.8) is 0 Å². The van der Waals surface area contributed by atoms with Gasteiger partial charge in [0.2, 0.25) is 5.88 Å². The smallest absolute Gasteiger partial charge is 0.245 e. The van der Waals surface area contributed by atoms with Gasteiger partial charge in [0.1, 0.15) is 18.3 Å². The van der Waals surface area contributed by atoms with E-state index < -0.39 is 0 Å². The summed E-state index contributed by atoms with van der Waals surface area (Å²) in [5.74, 6) is 1.44. The normalized spacial score (nSPS) is 17.7. The fraction of sp³-hybridized carbons (Fsp3) is 0.381. The topological polar surface area (TPSA) is 71.9 Å². The van der Waals surface area contributed by atoms with Crippen molar-refractivity contribution >= 4 is 22.1 Å². The summed E-state index contributed by atoms with van der Waals surface area (Å²) in [5, 5.41) is 1.18. The van der Waals surface area contributed by atoms with Gasteiger partial charge in [0, 0.05) is 37.4 Å². The lowest BCUT2D eigenvalue weighted by atomic mass is 10.1. The summed E-state index contributed by atoms with van der Waals surface area (Å²) in [6.07, 6.45) is 5.86. The molecule has 0 saturated carbocycles. The van der Waals surface area contributed by atoms with E-state index in [9.17, 15) is 0 Å². The first-order valence-electron chi connectivity index (χ1n) is 9.87. The lowest BCUT2D eigenvalue weighted by molar-refractivity contribution is 0.195. The number of aromatic nitrogens is 5. The number of nitrogens with one attached hydrogen (secondary N) is 1. The van der Waals surface area contributed by atoms with Crippen molar-refractivity contribution in [2.75, 3.05) is 19.6 Å². The van der Waals surface area contributed by atoms with Crippen LogP contribution in [0.2, 0.25) is 0 Å². The number of likely N-dealkylation sites (tertiary alicyclic amines) is 1. The molecule has 7 heteroatoms. The van der Waals surface area contributed by atoms with Crippen LogP contribution in [0.15, 0.2) is 36.8 Å². The van der Waals surface area contributed by atoms with Gasteiger partial charge < -0.3 is 14.3 Å². The number of hydrogen-bond acceptors (Lipinski definition) is 5. The molecule has 0 spiro atoms. The Labute approximate surface area is 163 Å². The highest BCUT2D eigenvalue weighted by molar-refractivity contribution is 5.86. The van der Waals surface area contributed by atoms with Crippen LogP contribution in [0.25, 0.3) is 33.5 Å². The number of nitrogens with zero attached hydrogens (tertiary/aromatic N) is 5. The fourth-order valence-electron chi connectivity index (χ4n) is 4.08. The maximum absolute atomic E-state index is 6.25. The van der Waals surface area contributed by atoms with Crippen LogP contribution in [-0.4, -0.2) is 55.1 Å². The fourth-order valence-corrected chi connectivity index (χ4v) is 4.08. The molecule has 1 saturated heterocycles. The summed E-state index contributed by atoms with van der Waals surface area (Å²) in [7, 11) is 1.99. The Morgan fingerprint density at radius 3 is 3.07 bits per heavy atom. The van der Waals surface area contributed by atoms with Gasteiger partial charge in [0.05, 0.1) is 0 Å². The van der Waals surface area contributed by atoms with Crippen molar-refractivity contribution in [3.05, 3.63) is 36.8 Å². The molecule has 1 aliphatic heterocycles. The van der Waals surface area contributed by atoms with Crippen LogP contribution in [0.5, 0.6) is 5.88 Å². The summed E-state index contributed by atoms with van der Waals surface area (Å²) < 4.78 is 8.26. The van der Waals surface area contributed by atoms with E-state index in [4.69, 9.17) is 9.72 Å². The van der Waals surface area contributed by atoms with Crippen molar-refractivity contribution in [3.8, 4) is 17.3 Å². The van der Waals surface area contributed by atoms with E-state index in [1.807, 2.05) is 17.8 Å². The van der Waals surface area contributed by atoms with Gasteiger partial charge in [-0.2, -0.15) is 4.98 Å². The Kier molecular flexibility index (Phi) is 4.24. The molecule has 1 unspecified atom stereocenters. The minimum Gasteiger partial charge on any atom is -0.471 e.